The lowest BCUT2D eigenvalue weighted by atomic mass is 10.1. The van der Waals surface area contributed by atoms with Crippen LogP contribution in [0.25, 0.3) is 16.9 Å². The maximum Gasteiger partial charge on any atom is 0.253 e. The normalized spacial score (nSPS) is 15.9. The highest BCUT2D eigenvalue weighted by atomic mass is 16.2. The van der Waals surface area contributed by atoms with Gasteiger partial charge in [0.25, 0.3) is 5.91 Å². The van der Waals surface area contributed by atoms with Crippen molar-refractivity contribution in [3.8, 4) is 16.9 Å². The van der Waals surface area contributed by atoms with Crippen molar-refractivity contribution in [3.05, 3.63) is 108 Å². The number of benzene rings is 3. The molecule has 2 heterocycles. The molecule has 1 aliphatic heterocycles. The van der Waals surface area contributed by atoms with E-state index >= 15 is 0 Å². The number of piperazine rings is 1. The highest BCUT2D eigenvalue weighted by molar-refractivity contribution is 5.94. The van der Waals surface area contributed by atoms with E-state index in [2.05, 4.69) is 82.3 Å². The molecule has 4 nitrogen and oxygen atoms in total. The van der Waals surface area contributed by atoms with Crippen molar-refractivity contribution in [3.63, 3.8) is 0 Å². The Bertz CT molecular complexity index is 1320. The predicted molar refractivity (Wildman–Crippen MR) is 147 cm³/mol. The fourth-order valence-electron chi connectivity index (χ4n) is 5.73. The van der Waals surface area contributed by atoms with E-state index in [1.807, 2.05) is 23.1 Å². The second-order valence-electron chi connectivity index (χ2n) is 9.93. The SMILES string of the molecule is O=C(c1ccc(-n2c(-c3ccccc3)cc3c2CCCCC3)cc1)N1CCN(c2ccccc2)CC1. The molecule has 0 unspecified atom stereocenters. The Hall–Kier alpha value is -3.79. The molecule has 36 heavy (non-hydrogen) atoms. The predicted octanol–water partition coefficient (Wildman–Crippen LogP) is 6.38. The van der Waals surface area contributed by atoms with Gasteiger partial charge in [-0.25, -0.2) is 0 Å². The van der Waals surface area contributed by atoms with Crippen LogP contribution in [0.15, 0.2) is 91.0 Å². The molecule has 0 spiro atoms. The molecule has 182 valence electrons. The Morgan fingerprint density at radius 2 is 1.31 bits per heavy atom. The third-order valence-corrected chi connectivity index (χ3v) is 7.68. The van der Waals surface area contributed by atoms with Gasteiger partial charge in [0.05, 0.1) is 5.69 Å². The summed E-state index contributed by atoms with van der Waals surface area (Å²) in [6.45, 7) is 3.23. The monoisotopic (exact) mass is 475 g/mol. The van der Waals surface area contributed by atoms with Crippen molar-refractivity contribution in [2.45, 2.75) is 32.1 Å². The summed E-state index contributed by atoms with van der Waals surface area (Å²) in [5, 5.41) is 0. The minimum absolute atomic E-state index is 0.129. The standard InChI is InChI=1S/C32H33N3O/c36-32(34-22-20-33(21-23-34)28-13-7-3-8-14-28)26-16-18-29(19-17-26)35-30-15-9-2-6-12-27(30)24-31(35)25-10-4-1-5-11-25/h1,3-5,7-8,10-11,13-14,16-19,24H,2,6,9,12,15,20-23H2. The quantitative estimate of drug-likeness (QED) is 0.321. The van der Waals surface area contributed by atoms with Crippen molar-refractivity contribution < 1.29 is 4.79 Å². The number of amides is 1. The second-order valence-corrected chi connectivity index (χ2v) is 9.93. The zero-order chi connectivity index (χ0) is 24.3. The van der Waals surface area contributed by atoms with E-state index in [9.17, 15) is 4.79 Å². The van der Waals surface area contributed by atoms with Crippen LogP contribution in [-0.2, 0) is 12.8 Å². The molecule has 0 N–H and O–H groups in total. The average Bonchev–Trinajstić information content (AvgIpc) is 3.16. The zero-order valence-electron chi connectivity index (χ0n) is 20.8. The lowest BCUT2D eigenvalue weighted by Gasteiger charge is -2.36. The van der Waals surface area contributed by atoms with Gasteiger partial charge in [0, 0.05) is 48.8 Å². The van der Waals surface area contributed by atoms with Crippen LogP contribution in [0.4, 0.5) is 5.69 Å². The van der Waals surface area contributed by atoms with E-state index in [4.69, 9.17) is 0 Å². The van der Waals surface area contributed by atoms with E-state index < -0.39 is 0 Å². The minimum Gasteiger partial charge on any atom is -0.368 e. The fourth-order valence-corrected chi connectivity index (χ4v) is 5.73. The Morgan fingerprint density at radius 3 is 2.03 bits per heavy atom. The van der Waals surface area contributed by atoms with Gasteiger partial charge < -0.3 is 14.4 Å². The Kier molecular flexibility index (Phi) is 6.33. The molecule has 1 aliphatic carbocycles. The van der Waals surface area contributed by atoms with Crippen molar-refractivity contribution in [2.75, 3.05) is 31.1 Å². The Morgan fingerprint density at radius 1 is 0.639 bits per heavy atom. The smallest absolute Gasteiger partial charge is 0.253 e. The number of rotatable bonds is 4. The molecule has 6 rings (SSSR count). The number of fused-ring (bicyclic) bond motifs is 1. The zero-order valence-corrected chi connectivity index (χ0v) is 20.8. The molecular weight excluding hydrogens is 442 g/mol. The number of aromatic nitrogens is 1. The van der Waals surface area contributed by atoms with Crippen LogP contribution in [0.5, 0.6) is 0 Å². The van der Waals surface area contributed by atoms with Crippen LogP contribution < -0.4 is 4.90 Å². The van der Waals surface area contributed by atoms with Crippen LogP contribution in [0.2, 0.25) is 0 Å². The molecular formula is C32H33N3O. The summed E-state index contributed by atoms with van der Waals surface area (Å²) in [7, 11) is 0. The number of aryl methyl sites for hydroxylation is 1. The van der Waals surface area contributed by atoms with Crippen molar-refractivity contribution in [2.24, 2.45) is 0 Å². The lowest BCUT2D eigenvalue weighted by molar-refractivity contribution is 0.0747. The van der Waals surface area contributed by atoms with E-state index in [1.54, 1.807) is 0 Å². The van der Waals surface area contributed by atoms with Gasteiger partial charge in [0.15, 0.2) is 0 Å². The minimum atomic E-state index is 0.129. The highest BCUT2D eigenvalue weighted by Gasteiger charge is 2.23. The first-order valence-corrected chi connectivity index (χ1v) is 13.3. The third kappa shape index (κ3) is 4.44. The maximum atomic E-state index is 13.3. The molecule has 2 aliphatic rings. The number of nitrogens with zero attached hydrogens (tertiary/aromatic N) is 3. The molecule has 0 atom stereocenters. The second kappa shape index (κ2) is 10.1. The van der Waals surface area contributed by atoms with E-state index in [0.717, 1.165) is 50.3 Å². The van der Waals surface area contributed by atoms with Gasteiger partial charge in [0.2, 0.25) is 0 Å². The molecule has 1 saturated heterocycles. The van der Waals surface area contributed by atoms with E-state index in [-0.39, 0.29) is 5.91 Å². The van der Waals surface area contributed by atoms with E-state index in [1.165, 1.54) is 47.5 Å². The number of carbonyl (C=O) groups is 1. The van der Waals surface area contributed by atoms with E-state index in [0.29, 0.717) is 0 Å². The lowest BCUT2D eigenvalue weighted by Crippen LogP contribution is -2.48. The van der Waals surface area contributed by atoms with Crippen molar-refractivity contribution >= 4 is 11.6 Å². The molecule has 3 aromatic carbocycles. The van der Waals surface area contributed by atoms with Gasteiger partial charge in [-0.2, -0.15) is 0 Å². The molecule has 1 amide bonds. The van der Waals surface area contributed by atoms with Gasteiger partial charge >= 0.3 is 0 Å². The first-order chi connectivity index (χ1) is 17.8. The van der Waals surface area contributed by atoms with Crippen LogP contribution >= 0.6 is 0 Å². The molecule has 0 saturated carbocycles. The Balaban J connectivity index is 1.24. The number of hydrogen-bond acceptors (Lipinski definition) is 2. The van der Waals surface area contributed by atoms with Crippen LogP contribution in [0.3, 0.4) is 0 Å². The molecule has 4 heteroatoms. The Labute approximate surface area is 213 Å². The van der Waals surface area contributed by atoms with Crippen molar-refractivity contribution in [1.29, 1.82) is 0 Å². The number of carbonyl (C=O) groups excluding carboxylic acids is 1. The summed E-state index contributed by atoms with van der Waals surface area (Å²) in [4.78, 5) is 17.7. The van der Waals surface area contributed by atoms with Gasteiger partial charge in [0.1, 0.15) is 0 Å². The maximum absolute atomic E-state index is 13.3. The van der Waals surface area contributed by atoms with Crippen LogP contribution in [0, 0.1) is 0 Å². The van der Waals surface area contributed by atoms with Crippen LogP contribution in [-0.4, -0.2) is 41.6 Å². The molecule has 1 fully saturated rings. The van der Waals surface area contributed by atoms with Gasteiger partial charge in [-0.3, -0.25) is 4.79 Å². The summed E-state index contributed by atoms with van der Waals surface area (Å²) < 4.78 is 2.43. The summed E-state index contributed by atoms with van der Waals surface area (Å²) in [5.41, 5.74) is 8.54. The molecule has 1 aromatic heterocycles. The van der Waals surface area contributed by atoms with Crippen molar-refractivity contribution in [1.82, 2.24) is 9.47 Å². The average molecular weight is 476 g/mol. The topological polar surface area (TPSA) is 28.5 Å². The fraction of sp³-hybridized carbons (Fsp3) is 0.281. The summed E-state index contributed by atoms with van der Waals surface area (Å²) in [6.07, 6.45) is 6.04. The first kappa shape index (κ1) is 22.7. The number of hydrogen-bond donors (Lipinski definition) is 0. The molecule has 0 bridgehead atoms. The van der Waals surface area contributed by atoms with Gasteiger partial charge in [-0.15, -0.1) is 0 Å². The summed E-state index contributed by atoms with van der Waals surface area (Å²) >= 11 is 0. The summed E-state index contributed by atoms with van der Waals surface area (Å²) in [5.74, 6) is 0.129. The van der Waals surface area contributed by atoms with Gasteiger partial charge in [-0.05, 0) is 79.3 Å². The third-order valence-electron chi connectivity index (χ3n) is 7.68. The number of para-hydroxylation sites is 1. The van der Waals surface area contributed by atoms with Gasteiger partial charge in [-0.1, -0.05) is 55.0 Å². The molecule has 4 aromatic rings. The number of anilines is 1. The highest BCUT2D eigenvalue weighted by Crippen LogP contribution is 2.33. The summed E-state index contributed by atoms with van der Waals surface area (Å²) in [6, 6.07) is 31.8. The largest absolute Gasteiger partial charge is 0.368 e. The van der Waals surface area contributed by atoms with Crippen LogP contribution in [0.1, 0.15) is 40.9 Å². The molecule has 0 radical (unpaired) electrons. The first-order valence-electron chi connectivity index (χ1n) is 13.3.